The molecular formula is C19H26N4O2. The van der Waals surface area contributed by atoms with Crippen LogP contribution >= 0.6 is 0 Å². The van der Waals surface area contributed by atoms with Crippen LogP contribution in [0.15, 0.2) is 30.6 Å². The van der Waals surface area contributed by atoms with Crippen LogP contribution in [0.25, 0.3) is 0 Å². The van der Waals surface area contributed by atoms with Gasteiger partial charge in [0.2, 0.25) is 0 Å². The molecule has 0 aromatic carbocycles. The first kappa shape index (κ1) is 16.7. The van der Waals surface area contributed by atoms with E-state index in [1.54, 1.807) is 0 Å². The molecule has 2 fully saturated rings. The summed E-state index contributed by atoms with van der Waals surface area (Å²) in [5, 5.41) is 4.28. The van der Waals surface area contributed by atoms with E-state index in [0.29, 0.717) is 12.6 Å². The number of rotatable bonds is 5. The van der Waals surface area contributed by atoms with E-state index in [9.17, 15) is 0 Å². The average molecular weight is 342 g/mol. The SMILES string of the molecule is Cc1cccc(CO[C@@H]2CC[C@H]3[C@H]2OCCN3Cc2cnn(C)c2)n1. The lowest BCUT2D eigenvalue weighted by atomic mass is 10.1. The average Bonchev–Trinajstić information content (AvgIpc) is 3.20. The van der Waals surface area contributed by atoms with Crippen molar-refractivity contribution < 1.29 is 9.47 Å². The van der Waals surface area contributed by atoms with Gasteiger partial charge in [-0.2, -0.15) is 5.10 Å². The van der Waals surface area contributed by atoms with Crippen molar-refractivity contribution in [3.05, 3.63) is 47.5 Å². The molecule has 2 aliphatic rings. The summed E-state index contributed by atoms with van der Waals surface area (Å²) >= 11 is 0. The Balaban J connectivity index is 1.37. The smallest absolute Gasteiger partial charge is 0.0992 e. The van der Waals surface area contributed by atoms with Crippen LogP contribution in [0.3, 0.4) is 0 Å². The molecule has 25 heavy (non-hydrogen) atoms. The second kappa shape index (κ2) is 7.23. The third-order valence-electron chi connectivity index (χ3n) is 5.19. The number of aryl methyl sites for hydroxylation is 2. The van der Waals surface area contributed by atoms with Gasteiger partial charge in [-0.1, -0.05) is 6.07 Å². The molecule has 0 N–H and O–H groups in total. The number of ether oxygens (including phenoxy) is 2. The summed E-state index contributed by atoms with van der Waals surface area (Å²) in [6.45, 7) is 5.24. The van der Waals surface area contributed by atoms with E-state index < -0.39 is 0 Å². The lowest BCUT2D eigenvalue weighted by Crippen LogP contribution is -2.51. The van der Waals surface area contributed by atoms with E-state index in [4.69, 9.17) is 9.47 Å². The second-order valence-corrected chi connectivity index (χ2v) is 7.09. The predicted octanol–water partition coefficient (Wildman–Crippen LogP) is 2.07. The quantitative estimate of drug-likeness (QED) is 0.833. The largest absolute Gasteiger partial charge is 0.373 e. The Morgan fingerprint density at radius 2 is 2.24 bits per heavy atom. The van der Waals surface area contributed by atoms with Crippen LogP contribution in [0.1, 0.15) is 29.8 Å². The topological polar surface area (TPSA) is 52.4 Å². The molecule has 3 atom stereocenters. The Bertz CT molecular complexity index is 717. The van der Waals surface area contributed by atoms with Crippen LogP contribution in [-0.2, 0) is 29.7 Å². The summed E-state index contributed by atoms with van der Waals surface area (Å²) in [5.74, 6) is 0. The van der Waals surface area contributed by atoms with Gasteiger partial charge in [-0.15, -0.1) is 0 Å². The lowest BCUT2D eigenvalue weighted by Gasteiger charge is -2.38. The Morgan fingerprint density at radius 1 is 1.32 bits per heavy atom. The molecule has 2 aromatic heterocycles. The number of nitrogens with zero attached hydrogens (tertiary/aromatic N) is 4. The number of morpholine rings is 1. The van der Waals surface area contributed by atoms with E-state index in [1.807, 2.05) is 43.0 Å². The minimum Gasteiger partial charge on any atom is -0.373 e. The molecule has 1 aliphatic carbocycles. The maximum absolute atomic E-state index is 6.19. The normalized spacial score (nSPS) is 26.7. The van der Waals surface area contributed by atoms with Gasteiger partial charge in [-0.3, -0.25) is 14.6 Å². The van der Waals surface area contributed by atoms with Crippen molar-refractivity contribution in [1.82, 2.24) is 19.7 Å². The van der Waals surface area contributed by atoms with Crippen LogP contribution in [-0.4, -0.2) is 51.1 Å². The molecule has 6 heteroatoms. The first-order valence-electron chi connectivity index (χ1n) is 9.06. The van der Waals surface area contributed by atoms with Gasteiger partial charge >= 0.3 is 0 Å². The maximum Gasteiger partial charge on any atom is 0.0992 e. The molecule has 3 heterocycles. The monoisotopic (exact) mass is 342 g/mol. The summed E-state index contributed by atoms with van der Waals surface area (Å²) in [7, 11) is 1.96. The summed E-state index contributed by atoms with van der Waals surface area (Å²) in [4.78, 5) is 7.05. The molecule has 0 unspecified atom stereocenters. The Kier molecular flexibility index (Phi) is 4.83. The Labute approximate surface area is 148 Å². The number of pyridine rings is 1. The van der Waals surface area contributed by atoms with Gasteiger partial charge in [0.25, 0.3) is 0 Å². The number of fused-ring (bicyclic) bond motifs is 1. The van der Waals surface area contributed by atoms with Crippen LogP contribution < -0.4 is 0 Å². The molecule has 6 nitrogen and oxygen atoms in total. The molecule has 0 bridgehead atoms. The second-order valence-electron chi connectivity index (χ2n) is 7.09. The summed E-state index contributed by atoms with van der Waals surface area (Å²) < 4.78 is 14.1. The van der Waals surface area contributed by atoms with E-state index in [0.717, 1.165) is 43.9 Å². The van der Waals surface area contributed by atoms with Gasteiger partial charge in [0.05, 0.1) is 37.3 Å². The highest BCUT2D eigenvalue weighted by Crippen LogP contribution is 2.33. The fourth-order valence-electron chi connectivity index (χ4n) is 4.03. The van der Waals surface area contributed by atoms with Gasteiger partial charge in [0.1, 0.15) is 0 Å². The van der Waals surface area contributed by atoms with Crippen molar-refractivity contribution in [2.45, 2.75) is 51.2 Å². The number of aromatic nitrogens is 3. The fourth-order valence-corrected chi connectivity index (χ4v) is 4.03. The molecule has 134 valence electrons. The van der Waals surface area contributed by atoms with Gasteiger partial charge in [-0.05, 0) is 31.9 Å². The third-order valence-corrected chi connectivity index (χ3v) is 5.19. The van der Waals surface area contributed by atoms with E-state index in [2.05, 4.69) is 21.2 Å². The predicted molar refractivity (Wildman–Crippen MR) is 93.9 cm³/mol. The van der Waals surface area contributed by atoms with Crippen molar-refractivity contribution in [2.24, 2.45) is 7.05 Å². The maximum atomic E-state index is 6.19. The molecule has 1 saturated heterocycles. The van der Waals surface area contributed by atoms with E-state index in [-0.39, 0.29) is 12.2 Å². The number of hydrogen-bond donors (Lipinski definition) is 0. The standard InChI is InChI=1S/C19H26N4O2/c1-14-4-3-5-16(21-14)13-25-18-7-6-17-19(18)24-9-8-23(17)12-15-10-20-22(2)11-15/h3-5,10-11,17-19H,6-9,12-13H2,1-2H3/t17-,18+,19+/m0/s1. The highest BCUT2D eigenvalue weighted by atomic mass is 16.5. The van der Waals surface area contributed by atoms with Gasteiger partial charge in [0, 0.05) is 43.6 Å². The summed E-state index contributed by atoms with van der Waals surface area (Å²) in [5.41, 5.74) is 3.28. The van der Waals surface area contributed by atoms with E-state index in [1.165, 1.54) is 5.56 Å². The highest BCUT2D eigenvalue weighted by molar-refractivity contribution is 5.09. The Hall–Kier alpha value is -1.76. The molecule has 1 aliphatic heterocycles. The minimum absolute atomic E-state index is 0.156. The third kappa shape index (κ3) is 3.76. The van der Waals surface area contributed by atoms with Gasteiger partial charge in [-0.25, -0.2) is 0 Å². The molecule has 0 radical (unpaired) electrons. The van der Waals surface area contributed by atoms with Gasteiger partial charge < -0.3 is 9.47 Å². The zero-order valence-corrected chi connectivity index (χ0v) is 15.0. The van der Waals surface area contributed by atoms with Crippen molar-refractivity contribution in [2.75, 3.05) is 13.2 Å². The molecule has 4 rings (SSSR count). The molecule has 1 saturated carbocycles. The van der Waals surface area contributed by atoms with Crippen LogP contribution in [0.2, 0.25) is 0 Å². The highest BCUT2D eigenvalue weighted by Gasteiger charge is 2.43. The van der Waals surface area contributed by atoms with Crippen LogP contribution in [0.5, 0.6) is 0 Å². The van der Waals surface area contributed by atoms with Crippen LogP contribution in [0.4, 0.5) is 0 Å². The summed E-state index contributed by atoms with van der Waals surface area (Å²) in [6, 6.07) is 6.50. The molecular weight excluding hydrogens is 316 g/mol. The molecule has 2 aromatic rings. The molecule has 0 amide bonds. The molecule has 0 spiro atoms. The van der Waals surface area contributed by atoms with Gasteiger partial charge in [0.15, 0.2) is 0 Å². The van der Waals surface area contributed by atoms with Crippen molar-refractivity contribution in [3.8, 4) is 0 Å². The summed E-state index contributed by atoms with van der Waals surface area (Å²) in [6.07, 6.45) is 6.54. The lowest BCUT2D eigenvalue weighted by molar-refractivity contribution is -0.119. The van der Waals surface area contributed by atoms with Crippen molar-refractivity contribution in [1.29, 1.82) is 0 Å². The van der Waals surface area contributed by atoms with E-state index >= 15 is 0 Å². The zero-order chi connectivity index (χ0) is 17.2. The zero-order valence-electron chi connectivity index (χ0n) is 15.0. The first-order chi connectivity index (χ1) is 12.2. The van der Waals surface area contributed by atoms with Crippen LogP contribution in [0, 0.1) is 6.92 Å². The minimum atomic E-state index is 0.156. The number of hydrogen-bond acceptors (Lipinski definition) is 5. The first-order valence-corrected chi connectivity index (χ1v) is 9.06. The van der Waals surface area contributed by atoms with Crippen molar-refractivity contribution in [3.63, 3.8) is 0 Å². The van der Waals surface area contributed by atoms with Crippen molar-refractivity contribution >= 4 is 0 Å². The fraction of sp³-hybridized carbons (Fsp3) is 0.579. The Morgan fingerprint density at radius 3 is 3.04 bits per heavy atom.